The molecule has 162 valence electrons. The summed E-state index contributed by atoms with van der Waals surface area (Å²) in [6, 6.07) is 10.5. The average Bonchev–Trinajstić information content (AvgIpc) is 2.74. The summed E-state index contributed by atoms with van der Waals surface area (Å²) in [4.78, 5) is 11.7. The summed E-state index contributed by atoms with van der Waals surface area (Å²) in [7, 11) is -3.49. The molecule has 0 aliphatic carbocycles. The van der Waals surface area contributed by atoms with Crippen molar-refractivity contribution in [2.24, 2.45) is 5.41 Å². The number of hydrogen-bond donors (Lipinski definition) is 1. The van der Waals surface area contributed by atoms with Crippen LogP contribution in [0.2, 0.25) is 0 Å². The molecule has 0 amide bonds. The maximum atomic E-state index is 12.4. The molecule has 8 heteroatoms. The normalized spacial score (nSPS) is 21.7. The lowest BCUT2D eigenvalue weighted by Gasteiger charge is -2.45. The van der Waals surface area contributed by atoms with E-state index in [1.807, 2.05) is 19.9 Å². The van der Waals surface area contributed by atoms with Gasteiger partial charge in [-0.2, -0.15) is 0 Å². The lowest BCUT2D eigenvalue weighted by molar-refractivity contribution is -0.0691. The molecule has 1 atom stereocenters. The highest BCUT2D eigenvalue weighted by Crippen LogP contribution is 2.41. The van der Waals surface area contributed by atoms with Crippen LogP contribution in [0.5, 0.6) is 0 Å². The quantitative estimate of drug-likeness (QED) is 0.785. The molecule has 0 bridgehead atoms. The number of nitrogens with zero attached hydrogens (tertiary/aromatic N) is 3. The zero-order valence-corrected chi connectivity index (χ0v) is 18.5. The molecular weight excluding hydrogens is 400 g/mol. The van der Waals surface area contributed by atoms with E-state index in [2.05, 4.69) is 19.6 Å². The third-order valence-corrected chi connectivity index (χ3v) is 7.69. The van der Waals surface area contributed by atoms with Crippen LogP contribution in [0.25, 0.3) is 0 Å². The average molecular weight is 431 g/mol. The highest BCUT2D eigenvalue weighted by atomic mass is 32.2. The summed E-state index contributed by atoms with van der Waals surface area (Å²) in [6.07, 6.45) is 3.95. The predicted molar refractivity (Wildman–Crippen MR) is 116 cm³/mol. The van der Waals surface area contributed by atoms with Gasteiger partial charge in [-0.1, -0.05) is 18.2 Å². The van der Waals surface area contributed by atoms with E-state index in [-0.39, 0.29) is 11.5 Å². The molecule has 1 spiro atoms. The maximum absolute atomic E-state index is 12.4. The summed E-state index contributed by atoms with van der Waals surface area (Å²) in [5.41, 5.74) is 2.18. The molecule has 0 saturated carbocycles. The van der Waals surface area contributed by atoms with E-state index < -0.39 is 10.0 Å². The third-order valence-electron chi connectivity index (χ3n) is 6.25. The molecule has 2 aliphatic heterocycles. The van der Waals surface area contributed by atoms with Crippen molar-refractivity contribution in [3.63, 3.8) is 0 Å². The predicted octanol–water partition coefficient (Wildman–Crippen LogP) is 2.84. The van der Waals surface area contributed by atoms with Gasteiger partial charge in [-0.3, -0.25) is 0 Å². The van der Waals surface area contributed by atoms with Crippen LogP contribution in [-0.4, -0.2) is 50.7 Å². The summed E-state index contributed by atoms with van der Waals surface area (Å²) in [5.74, 6) is 0.826. The molecule has 0 radical (unpaired) electrons. The van der Waals surface area contributed by atoms with Gasteiger partial charge in [-0.05, 0) is 63.1 Å². The standard InChI is InChI=1S/C22H30N4O3S/c1-17-14-18(2)25-21(24-17)26-12-10-22(11-13-26)9-8-19(29-16-22)15-23-30(27,28)20-6-4-3-5-7-20/h3-7,14,19,23H,8-13,15-16H2,1-2H3/t19-/m0/s1. The molecule has 2 saturated heterocycles. The summed E-state index contributed by atoms with van der Waals surface area (Å²) in [6.45, 7) is 6.87. The van der Waals surface area contributed by atoms with Crippen molar-refractivity contribution >= 4 is 16.0 Å². The fraction of sp³-hybridized carbons (Fsp3) is 0.545. The van der Waals surface area contributed by atoms with E-state index in [4.69, 9.17) is 4.74 Å². The Morgan fingerprint density at radius 1 is 1.10 bits per heavy atom. The molecular formula is C22H30N4O3S. The number of nitrogens with one attached hydrogen (secondary N) is 1. The zero-order chi connectivity index (χ0) is 21.2. The molecule has 7 nitrogen and oxygen atoms in total. The molecule has 3 heterocycles. The van der Waals surface area contributed by atoms with E-state index in [0.717, 1.165) is 56.1 Å². The van der Waals surface area contributed by atoms with E-state index in [0.29, 0.717) is 18.0 Å². The SMILES string of the molecule is Cc1cc(C)nc(N2CCC3(CC[C@@H](CNS(=O)(=O)c4ccccc4)OC3)CC2)n1. The first kappa shape index (κ1) is 21.2. The number of piperidine rings is 1. The Kier molecular flexibility index (Phi) is 6.09. The Labute approximate surface area is 178 Å². The molecule has 1 aromatic carbocycles. The second kappa shape index (κ2) is 8.61. The third kappa shape index (κ3) is 4.82. The Morgan fingerprint density at radius 3 is 2.37 bits per heavy atom. The number of ether oxygens (including phenoxy) is 1. The van der Waals surface area contributed by atoms with Crippen LogP contribution in [0.4, 0.5) is 5.95 Å². The summed E-state index contributed by atoms with van der Waals surface area (Å²) >= 11 is 0. The molecule has 4 rings (SSSR count). The van der Waals surface area contributed by atoms with Crippen molar-refractivity contribution in [1.29, 1.82) is 0 Å². The molecule has 30 heavy (non-hydrogen) atoms. The minimum atomic E-state index is -3.49. The van der Waals surface area contributed by atoms with Crippen molar-refractivity contribution in [2.45, 2.75) is 50.5 Å². The van der Waals surface area contributed by atoms with Crippen LogP contribution in [-0.2, 0) is 14.8 Å². The van der Waals surface area contributed by atoms with Crippen LogP contribution in [0.1, 0.15) is 37.1 Å². The fourth-order valence-corrected chi connectivity index (χ4v) is 5.48. The highest BCUT2D eigenvalue weighted by molar-refractivity contribution is 7.89. The first-order chi connectivity index (χ1) is 14.4. The van der Waals surface area contributed by atoms with E-state index in [9.17, 15) is 8.42 Å². The number of sulfonamides is 1. The fourth-order valence-electron chi connectivity index (χ4n) is 4.39. The van der Waals surface area contributed by atoms with Crippen LogP contribution < -0.4 is 9.62 Å². The van der Waals surface area contributed by atoms with Crippen LogP contribution in [0.3, 0.4) is 0 Å². The van der Waals surface area contributed by atoms with Gasteiger partial charge < -0.3 is 9.64 Å². The monoisotopic (exact) mass is 430 g/mol. The molecule has 2 aromatic rings. The van der Waals surface area contributed by atoms with Gasteiger partial charge in [0.1, 0.15) is 0 Å². The van der Waals surface area contributed by atoms with Crippen molar-refractivity contribution in [3.8, 4) is 0 Å². The van der Waals surface area contributed by atoms with Crippen molar-refractivity contribution in [2.75, 3.05) is 31.1 Å². The minimum absolute atomic E-state index is 0.0742. The van der Waals surface area contributed by atoms with Gasteiger partial charge in [0.05, 0.1) is 17.6 Å². The second-order valence-corrected chi connectivity index (χ2v) is 10.3. The van der Waals surface area contributed by atoms with Crippen molar-refractivity contribution < 1.29 is 13.2 Å². The van der Waals surface area contributed by atoms with Crippen LogP contribution in [0.15, 0.2) is 41.3 Å². The number of rotatable bonds is 5. The van der Waals surface area contributed by atoms with Crippen molar-refractivity contribution in [1.82, 2.24) is 14.7 Å². The van der Waals surface area contributed by atoms with Crippen molar-refractivity contribution in [3.05, 3.63) is 47.8 Å². The summed E-state index contributed by atoms with van der Waals surface area (Å²) < 4.78 is 33.6. The topological polar surface area (TPSA) is 84.4 Å². The lowest BCUT2D eigenvalue weighted by Crippen LogP contribution is -2.48. The Morgan fingerprint density at radius 2 is 1.77 bits per heavy atom. The molecule has 2 aliphatic rings. The van der Waals surface area contributed by atoms with Crippen LogP contribution in [0, 0.1) is 19.3 Å². The molecule has 1 aromatic heterocycles. The van der Waals surface area contributed by atoms with Gasteiger partial charge in [-0.15, -0.1) is 0 Å². The highest BCUT2D eigenvalue weighted by Gasteiger charge is 2.39. The Balaban J connectivity index is 1.28. The minimum Gasteiger partial charge on any atom is -0.376 e. The first-order valence-electron chi connectivity index (χ1n) is 10.6. The Hall–Kier alpha value is -2.03. The largest absolute Gasteiger partial charge is 0.376 e. The second-order valence-electron chi connectivity index (χ2n) is 8.57. The molecule has 0 unspecified atom stereocenters. The molecule has 2 fully saturated rings. The number of anilines is 1. The lowest BCUT2D eigenvalue weighted by atomic mass is 9.73. The van der Waals surface area contributed by atoms with Gasteiger partial charge in [0.2, 0.25) is 16.0 Å². The van der Waals surface area contributed by atoms with Crippen LogP contribution >= 0.6 is 0 Å². The van der Waals surface area contributed by atoms with E-state index in [1.54, 1.807) is 30.3 Å². The van der Waals surface area contributed by atoms with Gasteiger partial charge >= 0.3 is 0 Å². The molecule has 1 N–H and O–H groups in total. The van der Waals surface area contributed by atoms with Gasteiger partial charge in [0.25, 0.3) is 0 Å². The number of aromatic nitrogens is 2. The van der Waals surface area contributed by atoms with Gasteiger partial charge in [0.15, 0.2) is 0 Å². The first-order valence-corrected chi connectivity index (χ1v) is 12.1. The zero-order valence-electron chi connectivity index (χ0n) is 17.7. The smallest absolute Gasteiger partial charge is 0.240 e. The number of aryl methyl sites for hydroxylation is 2. The number of hydrogen-bond acceptors (Lipinski definition) is 6. The summed E-state index contributed by atoms with van der Waals surface area (Å²) in [5, 5.41) is 0. The van der Waals surface area contributed by atoms with E-state index in [1.165, 1.54) is 0 Å². The van der Waals surface area contributed by atoms with E-state index >= 15 is 0 Å². The maximum Gasteiger partial charge on any atom is 0.240 e. The van der Waals surface area contributed by atoms with Gasteiger partial charge in [0, 0.05) is 31.0 Å². The Bertz CT molecular complexity index is 943. The van der Waals surface area contributed by atoms with Gasteiger partial charge in [-0.25, -0.2) is 23.1 Å². The number of benzene rings is 1.